The molecule has 0 aromatic heterocycles. The molecule has 0 spiro atoms. The molecule has 16 heavy (non-hydrogen) atoms. The highest BCUT2D eigenvalue weighted by Gasteiger charge is 2.45. The minimum atomic E-state index is -0.364. The third-order valence-corrected chi connectivity index (χ3v) is 3.47. The summed E-state index contributed by atoms with van der Waals surface area (Å²) in [6, 6.07) is 0.482. The van der Waals surface area contributed by atoms with Crippen molar-refractivity contribution in [2.75, 3.05) is 6.54 Å². The first-order valence-electron chi connectivity index (χ1n) is 6.47. The standard InChI is InChI=1S/C13H23NO2/c1-13(2,3)16-12(15)14-9-11(14)10-7-5-4-6-8-10/h10-11H,4-9H2,1-3H3. The zero-order chi connectivity index (χ0) is 11.8. The molecule has 92 valence electrons. The summed E-state index contributed by atoms with van der Waals surface area (Å²) in [5.41, 5.74) is -0.364. The Bertz CT molecular complexity index is 264. The van der Waals surface area contributed by atoms with E-state index in [1.807, 2.05) is 25.7 Å². The van der Waals surface area contributed by atoms with Crippen LogP contribution in [0.1, 0.15) is 52.9 Å². The number of ether oxygens (including phenoxy) is 1. The summed E-state index contributed by atoms with van der Waals surface area (Å²) >= 11 is 0. The van der Waals surface area contributed by atoms with Crippen LogP contribution in [0.5, 0.6) is 0 Å². The topological polar surface area (TPSA) is 29.3 Å². The minimum Gasteiger partial charge on any atom is -0.444 e. The van der Waals surface area contributed by atoms with Crippen molar-refractivity contribution in [1.82, 2.24) is 4.90 Å². The Morgan fingerprint density at radius 1 is 1.19 bits per heavy atom. The second-order valence-electron chi connectivity index (χ2n) is 6.10. The minimum absolute atomic E-state index is 0.122. The highest BCUT2D eigenvalue weighted by molar-refractivity contribution is 5.71. The average Bonchev–Trinajstić information content (AvgIpc) is 2.96. The van der Waals surface area contributed by atoms with E-state index in [1.165, 1.54) is 32.1 Å². The Hall–Kier alpha value is -0.730. The molecule has 1 amide bonds. The van der Waals surface area contributed by atoms with Crippen LogP contribution in [0.3, 0.4) is 0 Å². The van der Waals surface area contributed by atoms with Gasteiger partial charge in [0, 0.05) is 6.54 Å². The fourth-order valence-corrected chi connectivity index (χ4v) is 2.61. The SMILES string of the molecule is CC(C)(C)OC(=O)N1CC1C1CCCCC1. The van der Waals surface area contributed by atoms with E-state index in [0.717, 1.165) is 12.5 Å². The maximum absolute atomic E-state index is 11.8. The lowest BCUT2D eigenvalue weighted by molar-refractivity contribution is 0.0392. The van der Waals surface area contributed by atoms with E-state index >= 15 is 0 Å². The number of rotatable bonds is 1. The third kappa shape index (κ3) is 2.89. The molecule has 1 saturated carbocycles. The molecule has 0 N–H and O–H groups in total. The molecule has 0 aromatic rings. The van der Waals surface area contributed by atoms with Crippen molar-refractivity contribution in [1.29, 1.82) is 0 Å². The van der Waals surface area contributed by atoms with Crippen LogP contribution < -0.4 is 0 Å². The van der Waals surface area contributed by atoms with Crippen molar-refractivity contribution in [2.24, 2.45) is 5.92 Å². The van der Waals surface area contributed by atoms with Crippen molar-refractivity contribution in [3.63, 3.8) is 0 Å². The lowest BCUT2D eigenvalue weighted by atomic mass is 9.87. The normalized spacial score (nSPS) is 26.7. The Kier molecular flexibility index (Phi) is 3.13. The van der Waals surface area contributed by atoms with E-state index in [1.54, 1.807) is 0 Å². The lowest BCUT2D eigenvalue weighted by Crippen LogP contribution is -2.29. The van der Waals surface area contributed by atoms with Gasteiger partial charge >= 0.3 is 6.09 Å². The number of carbonyl (C=O) groups excluding carboxylic acids is 1. The van der Waals surface area contributed by atoms with Gasteiger partial charge in [0.05, 0.1) is 6.04 Å². The molecule has 0 aromatic carbocycles. The first-order valence-corrected chi connectivity index (χ1v) is 6.47. The number of carbonyl (C=O) groups is 1. The predicted molar refractivity (Wildman–Crippen MR) is 63.3 cm³/mol. The van der Waals surface area contributed by atoms with Gasteiger partial charge in [0.15, 0.2) is 0 Å². The number of amides is 1. The first-order chi connectivity index (χ1) is 7.47. The van der Waals surface area contributed by atoms with Crippen molar-refractivity contribution < 1.29 is 9.53 Å². The van der Waals surface area contributed by atoms with Gasteiger partial charge in [-0.05, 0) is 39.5 Å². The van der Waals surface area contributed by atoms with Crippen molar-refractivity contribution >= 4 is 6.09 Å². The predicted octanol–water partition coefficient (Wildman–Crippen LogP) is 3.19. The number of hydrogen-bond donors (Lipinski definition) is 0. The molecule has 0 bridgehead atoms. The zero-order valence-corrected chi connectivity index (χ0v) is 10.7. The van der Waals surface area contributed by atoms with Crippen molar-refractivity contribution in [3.8, 4) is 0 Å². The highest BCUT2D eigenvalue weighted by Crippen LogP contribution is 2.36. The van der Waals surface area contributed by atoms with E-state index in [4.69, 9.17) is 4.74 Å². The fourth-order valence-electron chi connectivity index (χ4n) is 2.61. The molecule has 1 atom stereocenters. The lowest BCUT2D eigenvalue weighted by Gasteiger charge is -2.23. The monoisotopic (exact) mass is 225 g/mol. The van der Waals surface area contributed by atoms with E-state index in [9.17, 15) is 4.79 Å². The Morgan fingerprint density at radius 3 is 2.38 bits per heavy atom. The van der Waals surface area contributed by atoms with Crippen LogP contribution in [0, 0.1) is 5.92 Å². The maximum atomic E-state index is 11.8. The van der Waals surface area contributed by atoms with Gasteiger partial charge in [0.2, 0.25) is 0 Å². The zero-order valence-electron chi connectivity index (χ0n) is 10.7. The summed E-state index contributed by atoms with van der Waals surface area (Å²) in [6.45, 7) is 6.68. The van der Waals surface area contributed by atoms with Crippen LogP contribution in [-0.4, -0.2) is 29.2 Å². The highest BCUT2D eigenvalue weighted by atomic mass is 16.6. The summed E-state index contributed by atoms with van der Waals surface area (Å²) in [7, 11) is 0. The van der Waals surface area contributed by atoms with Crippen LogP contribution in [0.25, 0.3) is 0 Å². The van der Waals surface area contributed by atoms with Crippen LogP contribution in [0.4, 0.5) is 4.79 Å². The maximum Gasteiger partial charge on any atom is 0.410 e. The van der Waals surface area contributed by atoms with E-state index in [0.29, 0.717) is 6.04 Å². The quantitative estimate of drug-likeness (QED) is 0.641. The van der Waals surface area contributed by atoms with Crippen molar-refractivity contribution in [2.45, 2.75) is 64.5 Å². The van der Waals surface area contributed by atoms with Crippen LogP contribution in [-0.2, 0) is 4.74 Å². The van der Waals surface area contributed by atoms with Gasteiger partial charge < -0.3 is 9.64 Å². The molecule has 0 radical (unpaired) electrons. The molecule has 2 aliphatic rings. The molecule has 3 heteroatoms. The third-order valence-electron chi connectivity index (χ3n) is 3.47. The van der Waals surface area contributed by atoms with E-state index in [2.05, 4.69) is 0 Å². The van der Waals surface area contributed by atoms with Crippen LogP contribution >= 0.6 is 0 Å². The second-order valence-corrected chi connectivity index (χ2v) is 6.10. The molecule has 1 aliphatic heterocycles. The summed E-state index contributed by atoms with van der Waals surface area (Å²) in [5.74, 6) is 0.737. The summed E-state index contributed by atoms with van der Waals surface area (Å²) < 4.78 is 5.37. The molecule has 2 fully saturated rings. The van der Waals surface area contributed by atoms with Crippen molar-refractivity contribution in [3.05, 3.63) is 0 Å². The Balaban J connectivity index is 1.79. The molecule has 3 nitrogen and oxygen atoms in total. The fraction of sp³-hybridized carbons (Fsp3) is 0.923. The average molecular weight is 225 g/mol. The van der Waals surface area contributed by atoms with Gasteiger partial charge in [0.25, 0.3) is 0 Å². The van der Waals surface area contributed by atoms with Gasteiger partial charge in [-0.2, -0.15) is 0 Å². The number of hydrogen-bond acceptors (Lipinski definition) is 2. The van der Waals surface area contributed by atoms with Gasteiger partial charge in [-0.3, -0.25) is 0 Å². The van der Waals surface area contributed by atoms with Gasteiger partial charge in [-0.25, -0.2) is 4.79 Å². The largest absolute Gasteiger partial charge is 0.444 e. The molecule has 1 aliphatic carbocycles. The number of nitrogens with zero attached hydrogens (tertiary/aromatic N) is 1. The molecule has 2 rings (SSSR count). The Labute approximate surface area is 98.1 Å². The van der Waals surface area contributed by atoms with E-state index in [-0.39, 0.29) is 11.7 Å². The first kappa shape index (κ1) is 11.7. The van der Waals surface area contributed by atoms with Gasteiger partial charge in [-0.1, -0.05) is 19.3 Å². The van der Waals surface area contributed by atoms with E-state index < -0.39 is 0 Å². The second kappa shape index (κ2) is 4.27. The molecule has 1 heterocycles. The summed E-state index contributed by atoms with van der Waals surface area (Å²) in [6.07, 6.45) is 6.51. The summed E-state index contributed by atoms with van der Waals surface area (Å²) in [5, 5.41) is 0. The van der Waals surface area contributed by atoms with Crippen LogP contribution in [0.15, 0.2) is 0 Å². The smallest absolute Gasteiger partial charge is 0.410 e. The van der Waals surface area contributed by atoms with Gasteiger partial charge in [0.1, 0.15) is 5.60 Å². The molecular formula is C13H23NO2. The summed E-state index contributed by atoms with van der Waals surface area (Å²) in [4.78, 5) is 13.7. The van der Waals surface area contributed by atoms with Gasteiger partial charge in [-0.15, -0.1) is 0 Å². The Morgan fingerprint density at radius 2 is 1.81 bits per heavy atom. The molecular weight excluding hydrogens is 202 g/mol. The molecule has 1 saturated heterocycles. The van der Waals surface area contributed by atoms with Crippen LogP contribution in [0.2, 0.25) is 0 Å². The molecule has 1 unspecified atom stereocenters.